The van der Waals surface area contributed by atoms with Crippen molar-refractivity contribution in [3.05, 3.63) is 36.7 Å². The van der Waals surface area contributed by atoms with Crippen molar-refractivity contribution in [1.29, 1.82) is 0 Å². The van der Waals surface area contributed by atoms with Crippen molar-refractivity contribution in [2.75, 3.05) is 19.6 Å². The molecule has 124 valence electrons. The summed E-state index contributed by atoms with van der Waals surface area (Å²) in [5.41, 5.74) is 0. The number of benzene rings is 1. The Morgan fingerprint density at radius 3 is 3.00 bits per heavy atom. The smallest absolute Gasteiger partial charge is 0.243 e. The number of nitrogens with one attached hydrogen (secondary N) is 1. The summed E-state index contributed by atoms with van der Waals surface area (Å²) in [6.45, 7) is 4.25. The van der Waals surface area contributed by atoms with Crippen molar-refractivity contribution in [3.8, 4) is 0 Å². The van der Waals surface area contributed by atoms with E-state index in [0.717, 1.165) is 36.6 Å². The largest absolute Gasteiger partial charge is 0.313 e. The van der Waals surface area contributed by atoms with Gasteiger partial charge in [0.1, 0.15) is 0 Å². The minimum Gasteiger partial charge on any atom is -0.313 e. The highest BCUT2D eigenvalue weighted by atomic mass is 32.2. The van der Waals surface area contributed by atoms with Crippen LogP contribution >= 0.6 is 0 Å². The van der Waals surface area contributed by atoms with E-state index in [1.807, 2.05) is 12.1 Å². The van der Waals surface area contributed by atoms with Gasteiger partial charge in [-0.05, 0) is 43.0 Å². The van der Waals surface area contributed by atoms with Crippen molar-refractivity contribution in [2.45, 2.75) is 37.1 Å². The standard InChI is InChI=1S/C17H23N3O2S/c1-2-3-8-19-16-7-10-20(13-16)23(21,22)17-5-4-15-12-18-9-6-14(15)11-17/h4-6,9,11-12,16,19H,2-3,7-8,10,13H2,1H3. The highest BCUT2D eigenvalue weighted by Crippen LogP contribution is 2.24. The van der Waals surface area contributed by atoms with E-state index in [2.05, 4.69) is 17.2 Å². The Morgan fingerprint density at radius 1 is 1.30 bits per heavy atom. The maximum absolute atomic E-state index is 12.8. The number of hydrogen-bond donors (Lipinski definition) is 1. The third-order valence-electron chi connectivity index (χ3n) is 4.36. The Morgan fingerprint density at radius 2 is 2.17 bits per heavy atom. The van der Waals surface area contributed by atoms with Gasteiger partial charge in [0.05, 0.1) is 4.90 Å². The second-order valence-corrected chi connectivity index (χ2v) is 7.98. The summed E-state index contributed by atoms with van der Waals surface area (Å²) in [6.07, 6.45) is 6.58. The summed E-state index contributed by atoms with van der Waals surface area (Å²) in [6, 6.07) is 7.35. The van der Waals surface area contributed by atoms with Gasteiger partial charge in [0.25, 0.3) is 0 Å². The molecule has 6 heteroatoms. The molecule has 5 nitrogen and oxygen atoms in total. The SMILES string of the molecule is CCCCNC1CCN(S(=O)(=O)c2ccc3cnccc3c2)C1. The number of rotatable bonds is 6. The number of nitrogens with zero attached hydrogens (tertiary/aromatic N) is 2. The fourth-order valence-electron chi connectivity index (χ4n) is 2.97. The zero-order valence-corrected chi connectivity index (χ0v) is 14.2. The fourth-order valence-corrected chi connectivity index (χ4v) is 4.50. The van der Waals surface area contributed by atoms with Gasteiger partial charge >= 0.3 is 0 Å². The molecule has 0 amide bonds. The summed E-state index contributed by atoms with van der Waals surface area (Å²) in [4.78, 5) is 4.43. The van der Waals surface area contributed by atoms with Crippen LogP contribution in [0.4, 0.5) is 0 Å². The molecular formula is C17H23N3O2S. The van der Waals surface area contributed by atoms with Gasteiger partial charge in [0, 0.05) is 36.9 Å². The minimum absolute atomic E-state index is 0.265. The quantitative estimate of drug-likeness (QED) is 0.825. The van der Waals surface area contributed by atoms with E-state index >= 15 is 0 Å². The minimum atomic E-state index is -3.42. The first-order valence-electron chi connectivity index (χ1n) is 8.18. The fraction of sp³-hybridized carbons (Fsp3) is 0.471. The molecule has 1 aromatic heterocycles. The number of aromatic nitrogens is 1. The molecule has 0 bridgehead atoms. The lowest BCUT2D eigenvalue weighted by Gasteiger charge is -2.17. The summed E-state index contributed by atoms with van der Waals surface area (Å²) in [7, 11) is -3.42. The highest BCUT2D eigenvalue weighted by Gasteiger charge is 2.32. The molecule has 2 aromatic rings. The summed E-state index contributed by atoms with van der Waals surface area (Å²) < 4.78 is 27.3. The van der Waals surface area contributed by atoms with Crippen LogP contribution in [0.2, 0.25) is 0 Å². The first-order chi connectivity index (χ1) is 11.1. The number of hydrogen-bond acceptors (Lipinski definition) is 4. The lowest BCUT2D eigenvalue weighted by atomic mass is 10.2. The predicted octanol–water partition coefficient (Wildman–Crippen LogP) is 2.39. The third kappa shape index (κ3) is 3.54. The maximum atomic E-state index is 12.8. The monoisotopic (exact) mass is 333 g/mol. The Bertz CT molecular complexity index is 776. The molecule has 1 fully saturated rings. The molecule has 3 rings (SSSR count). The average molecular weight is 333 g/mol. The Balaban J connectivity index is 1.75. The molecule has 1 aliphatic heterocycles. The lowest BCUT2D eigenvalue weighted by molar-refractivity contribution is 0.455. The normalized spacial score (nSPS) is 19.4. The zero-order valence-electron chi connectivity index (χ0n) is 13.4. The predicted molar refractivity (Wildman–Crippen MR) is 91.8 cm³/mol. The Kier molecular flexibility index (Phi) is 4.94. The molecule has 0 spiro atoms. The van der Waals surface area contributed by atoms with E-state index in [0.29, 0.717) is 18.0 Å². The number of unbranched alkanes of at least 4 members (excludes halogenated alkanes) is 1. The average Bonchev–Trinajstić information content (AvgIpc) is 3.04. The number of sulfonamides is 1. The second-order valence-electron chi connectivity index (χ2n) is 6.04. The topological polar surface area (TPSA) is 62.3 Å². The third-order valence-corrected chi connectivity index (χ3v) is 6.23. The van der Waals surface area contributed by atoms with Gasteiger partial charge in [-0.2, -0.15) is 4.31 Å². The molecule has 1 saturated heterocycles. The van der Waals surface area contributed by atoms with E-state index in [-0.39, 0.29) is 6.04 Å². The molecule has 0 aliphatic carbocycles. The van der Waals surface area contributed by atoms with E-state index in [4.69, 9.17) is 0 Å². The van der Waals surface area contributed by atoms with Gasteiger partial charge < -0.3 is 5.32 Å². The second kappa shape index (κ2) is 6.95. The van der Waals surface area contributed by atoms with Crippen LogP contribution in [-0.2, 0) is 10.0 Å². The van der Waals surface area contributed by atoms with Crippen LogP contribution in [0, 0.1) is 0 Å². The summed E-state index contributed by atoms with van der Waals surface area (Å²) in [5.74, 6) is 0. The molecule has 0 radical (unpaired) electrons. The van der Waals surface area contributed by atoms with Crippen LogP contribution in [0.3, 0.4) is 0 Å². The lowest BCUT2D eigenvalue weighted by Crippen LogP contribution is -2.35. The van der Waals surface area contributed by atoms with Gasteiger partial charge in [-0.3, -0.25) is 4.98 Å². The van der Waals surface area contributed by atoms with Crippen molar-refractivity contribution in [3.63, 3.8) is 0 Å². The van der Waals surface area contributed by atoms with Crippen molar-refractivity contribution < 1.29 is 8.42 Å². The highest BCUT2D eigenvalue weighted by molar-refractivity contribution is 7.89. The van der Waals surface area contributed by atoms with Gasteiger partial charge in [-0.25, -0.2) is 8.42 Å². The number of fused-ring (bicyclic) bond motifs is 1. The molecule has 1 aromatic carbocycles. The van der Waals surface area contributed by atoms with Crippen LogP contribution in [0.25, 0.3) is 10.8 Å². The summed E-state index contributed by atoms with van der Waals surface area (Å²) >= 11 is 0. The Labute approximate surface area is 137 Å². The Hall–Kier alpha value is -1.50. The van der Waals surface area contributed by atoms with E-state index in [1.165, 1.54) is 0 Å². The van der Waals surface area contributed by atoms with E-state index in [1.54, 1.807) is 28.8 Å². The van der Waals surface area contributed by atoms with Crippen LogP contribution in [0.1, 0.15) is 26.2 Å². The van der Waals surface area contributed by atoms with Crippen molar-refractivity contribution in [2.24, 2.45) is 0 Å². The van der Waals surface area contributed by atoms with Crippen LogP contribution in [0.5, 0.6) is 0 Å². The van der Waals surface area contributed by atoms with E-state index in [9.17, 15) is 8.42 Å². The molecule has 0 saturated carbocycles. The molecule has 1 N–H and O–H groups in total. The van der Waals surface area contributed by atoms with Crippen LogP contribution in [0.15, 0.2) is 41.6 Å². The van der Waals surface area contributed by atoms with Crippen molar-refractivity contribution >= 4 is 20.8 Å². The van der Waals surface area contributed by atoms with Crippen molar-refractivity contribution in [1.82, 2.24) is 14.6 Å². The van der Waals surface area contributed by atoms with Gasteiger partial charge in [-0.15, -0.1) is 0 Å². The van der Waals surface area contributed by atoms with Gasteiger partial charge in [0.2, 0.25) is 10.0 Å². The maximum Gasteiger partial charge on any atom is 0.243 e. The molecule has 1 aliphatic rings. The molecule has 2 heterocycles. The molecule has 1 atom stereocenters. The first kappa shape index (κ1) is 16.4. The number of pyridine rings is 1. The molecular weight excluding hydrogens is 310 g/mol. The molecule has 1 unspecified atom stereocenters. The van der Waals surface area contributed by atoms with Crippen LogP contribution < -0.4 is 5.32 Å². The van der Waals surface area contributed by atoms with Gasteiger partial charge in [-0.1, -0.05) is 19.4 Å². The summed E-state index contributed by atoms with van der Waals surface area (Å²) in [5, 5.41) is 5.30. The van der Waals surface area contributed by atoms with Gasteiger partial charge in [0.15, 0.2) is 0 Å². The molecule has 23 heavy (non-hydrogen) atoms. The van der Waals surface area contributed by atoms with Crippen LogP contribution in [-0.4, -0.2) is 43.4 Å². The zero-order chi connectivity index (χ0) is 16.3. The first-order valence-corrected chi connectivity index (χ1v) is 9.62. The van der Waals surface area contributed by atoms with E-state index < -0.39 is 10.0 Å².